The molecule has 0 aromatic heterocycles. The molecule has 23 heavy (non-hydrogen) atoms. The molecule has 1 aliphatic heterocycles. The number of halogens is 2. The van der Waals surface area contributed by atoms with Crippen molar-refractivity contribution in [3.63, 3.8) is 0 Å². The summed E-state index contributed by atoms with van der Waals surface area (Å²) in [5.41, 5.74) is 1.61. The number of nitrogens with one attached hydrogen (secondary N) is 1. The number of rotatable bonds is 3. The van der Waals surface area contributed by atoms with Gasteiger partial charge in [-0.15, -0.1) is 0 Å². The molecule has 0 saturated heterocycles. The topological polar surface area (TPSA) is 58.6 Å². The number of benzene rings is 1. The van der Waals surface area contributed by atoms with E-state index < -0.39 is 12.0 Å². The average molecular weight is 355 g/mol. The highest BCUT2D eigenvalue weighted by Crippen LogP contribution is 2.39. The molecular formula is C16H16Cl2N2O3. The molecule has 122 valence electrons. The molecule has 1 aromatic rings. The largest absolute Gasteiger partial charge is 0.466 e. The summed E-state index contributed by atoms with van der Waals surface area (Å²) in [4.78, 5) is 26.4. The predicted octanol–water partition coefficient (Wildman–Crippen LogP) is 3.67. The van der Waals surface area contributed by atoms with Gasteiger partial charge in [-0.2, -0.15) is 0 Å². The van der Waals surface area contributed by atoms with Crippen LogP contribution in [0, 0.1) is 0 Å². The summed E-state index contributed by atoms with van der Waals surface area (Å²) < 4.78 is 4.92. The van der Waals surface area contributed by atoms with Gasteiger partial charge in [0, 0.05) is 21.8 Å². The van der Waals surface area contributed by atoms with Crippen molar-refractivity contribution >= 4 is 35.2 Å². The van der Waals surface area contributed by atoms with Crippen LogP contribution < -0.4 is 5.32 Å². The zero-order valence-electron chi connectivity index (χ0n) is 12.7. The van der Waals surface area contributed by atoms with Crippen LogP contribution in [0.25, 0.3) is 0 Å². The average Bonchev–Trinajstić information content (AvgIpc) is 3.31. The van der Waals surface area contributed by atoms with E-state index in [1.165, 1.54) is 7.11 Å². The minimum absolute atomic E-state index is 0.149. The molecule has 0 spiro atoms. The van der Waals surface area contributed by atoms with Gasteiger partial charge in [0.25, 0.3) is 0 Å². The maximum Gasteiger partial charge on any atom is 0.337 e. The van der Waals surface area contributed by atoms with E-state index in [-0.39, 0.29) is 12.1 Å². The molecule has 1 heterocycles. The number of ether oxygens (including phenoxy) is 1. The van der Waals surface area contributed by atoms with Crippen LogP contribution in [0.15, 0.2) is 29.5 Å². The van der Waals surface area contributed by atoms with E-state index in [4.69, 9.17) is 27.9 Å². The second kappa shape index (κ2) is 6.06. The first-order valence-corrected chi connectivity index (χ1v) is 8.03. The third kappa shape index (κ3) is 2.91. The van der Waals surface area contributed by atoms with Gasteiger partial charge in [0.1, 0.15) is 0 Å². The quantitative estimate of drug-likeness (QED) is 0.842. The summed E-state index contributed by atoms with van der Waals surface area (Å²) in [6.45, 7) is 1.76. The lowest BCUT2D eigenvalue weighted by molar-refractivity contribution is -0.136. The summed E-state index contributed by atoms with van der Waals surface area (Å²) in [6.07, 6.45) is 1.87. The molecule has 0 radical (unpaired) electrons. The molecule has 7 heteroatoms. The molecule has 2 aliphatic rings. The van der Waals surface area contributed by atoms with E-state index in [0.717, 1.165) is 12.8 Å². The SMILES string of the molecule is COC(=O)C1=C(C)N(C2CC2)C(=O)NC1c1ccc(Cl)cc1Cl. The zero-order valence-corrected chi connectivity index (χ0v) is 14.2. The number of hydrogen-bond acceptors (Lipinski definition) is 3. The Balaban J connectivity index is 2.11. The molecule has 1 aromatic carbocycles. The number of nitrogens with zero attached hydrogens (tertiary/aromatic N) is 1. The van der Waals surface area contributed by atoms with Crippen LogP contribution in [-0.4, -0.2) is 30.1 Å². The minimum Gasteiger partial charge on any atom is -0.466 e. The summed E-state index contributed by atoms with van der Waals surface area (Å²) in [7, 11) is 1.32. The summed E-state index contributed by atoms with van der Waals surface area (Å²) >= 11 is 12.2. The fourth-order valence-corrected chi connectivity index (χ4v) is 3.39. The van der Waals surface area contributed by atoms with Crippen molar-refractivity contribution in [1.82, 2.24) is 10.2 Å². The zero-order chi connectivity index (χ0) is 16.7. The van der Waals surface area contributed by atoms with Gasteiger partial charge in [-0.05, 0) is 37.5 Å². The number of allylic oxidation sites excluding steroid dienone is 1. The van der Waals surface area contributed by atoms with Crippen molar-refractivity contribution in [2.45, 2.75) is 31.8 Å². The van der Waals surface area contributed by atoms with Gasteiger partial charge in [-0.3, -0.25) is 4.90 Å². The van der Waals surface area contributed by atoms with Crippen molar-refractivity contribution < 1.29 is 14.3 Å². The fourth-order valence-electron chi connectivity index (χ4n) is 2.87. The molecule has 5 nitrogen and oxygen atoms in total. The van der Waals surface area contributed by atoms with Gasteiger partial charge in [0.05, 0.1) is 18.7 Å². The van der Waals surface area contributed by atoms with E-state index in [1.54, 1.807) is 30.0 Å². The van der Waals surface area contributed by atoms with Crippen molar-refractivity contribution in [3.05, 3.63) is 45.1 Å². The highest BCUT2D eigenvalue weighted by molar-refractivity contribution is 6.35. The first-order chi connectivity index (χ1) is 10.9. The van der Waals surface area contributed by atoms with Crippen LogP contribution in [0.3, 0.4) is 0 Å². The van der Waals surface area contributed by atoms with E-state index in [0.29, 0.717) is 26.9 Å². The van der Waals surface area contributed by atoms with E-state index in [2.05, 4.69) is 5.32 Å². The van der Waals surface area contributed by atoms with Crippen LogP contribution in [0.5, 0.6) is 0 Å². The Morgan fingerprint density at radius 1 is 1.35 bits per heavy atom. The van der Waals surface area contributed by atoms with Crippen molar-refractivity contribution in [3.8, 4) is 0 Å². The molecule has 3 rings (SSSR count). The number of carbonyl (C=O) groups is 2. The summed E-state index contributed by atoms with van der Waals surface area (Å²) in [5, 5.41) is 3.73. The highest BCUT2D eigenvalue weighted by Gasteiger charge is 2.42. The Kier molecular flexibility index (Phi) is 4.25. The lowest BCUT2D eigenvalue weighted by Gasteiger charge is -2.35. The maximum atomic E-state index is 12.5. The predicted molar refractivity (Wildman–Crippen MR) is 87.3 cm³/mol. The smallest absolute Gasteiger partial charge is 0.337 e. The standard InChI is InChI=1S/C16H16Cl2N2O3/c1-8-13(15(21)23-2)14(11-6-3-9(17)7-12(11)18)19-16(22)20(8)10-4-5-10/h3,6-7,10,14H,4-5H2,1-2H3,(H,19,22). The third-order valence-electron chi connectivity index (χ3n) is 4.12. The number of carbonyl (C=O) groups excluding carboxylic acids is 2. The van der Waals surface area contributed by atoms with Crippen molar-refractivity contribution in [2.75, 3.05) is 7.11 Å². The first kappa shape index (κ1) is 16.1. The second-order valence-corrected chi connectivity index (χ2v) is 6.48. The Labute approximate surface area is 144 Å². The lowest BCUT2D eigenvalue weighted by atomic mass is 9.94. The van der Waals surface area contributed by atoms with Crippen molar-refractivity contribution in [1.29, 1.82) is 0 Å². The van der Waals surface area contributed by atoms with E-state index in [1.807, 2.05) is 0 Å². The highest BCUT2D eigenvalue weighted by atomic mass is 35.5. The molecule has 1 saturated carbocycles. The van der Waals surface area contributed by atoms with E-state index in [9.17, 15) is 9.59 Å². The molecule has 1 unspecified atom stereocenters. The van der Waals surface area contributed by atoms with E-state index >= 15 is 0 Å². The number of esters is 1. The molecule has 1 atom stereocenters. The maximum absolute atomic E-state index is 12.5. The normalized spacial score (nSPS) is 21.3. The fraction of sp³-hybridized carbons (Fsp3) is 0.375. The van der Waals surface area contributed by atoms with Crippen LogP contribution in [0.2, 0.25) is 10.0 Å². The lowest BCUT2D eigenvalue weighted by Crippen LogP contribution is -2.48. The van der Waals surface area contributed by atoms with Crippen LogP contribution in [-0.2, 0) is 9.53 Å². The summed E-state index contributed by atoms with van der Waals surface area (Å²) in [5.74, 6) is -0.482. The number of hydrogen-bond donors (Lipinski definition) is 1. The van der Waals surface area contributed by atoms with Gasteiger partial charge in [0.2, 0.25) is 0 Å². The van der Waals surface area contributed by atoms with Gasteiger partial charge in [-0.25, -0.2) is 9.59 Å². The number of urea groups is 1. The number of amides is 2. The molecule has 0 bridgehead atoms. The second-order valence-electron chi connectivity index (χ2n) is 5.64. The van der Waals surface area contributed by atoms with Gasteiger partial charge in [0.15, 0.2) is 0 Å². The first-order valence-electron chi connectivity index (χ1n) is 7.27. The Morgan fingerprint density at radius 2 is 2.04 bits per heavy atom. The minimum atomic E-state index is -0.658. The third-order valence-corrected chi connectivity index (χ3v) is 4.68. The molecule has 1 aliphatic carbocycles. The van der Waals surface area contributed by atoms with Crippen LogP contribution >= 0.6 is 23.2 Å². The van der Waals surface area contributed by atoms with Crippen molar-refractivity contribution in [2.24, 2.45) is 0 Å². The monoisotopic (exact) mass is 354 g/mol. The van der Waals surface area contributed by atoms with Crippen LogP contribution in [0.1, 0.15) is 31.4 Å². The molecule has 2 amide bonds. The molecule has 1 N–H and O–H groups in total. The Morgan fingerprint density at radius 3 is 2.61 bits per heavy atom. The Hall–Kier alpha value is -1.72. The van der Waals surface area contributed by atoms with Gasteiger partial charge in [-0.1, -0.05) is 29.3 Å². The van der Waals surface area contributed by atoms with Gasteiger partial charge >= 0.3 is 12.0 Å². The van der Waals surface area contributed by atoms with Gasteiger partial charge < -0.3 is 10.1 Å². The molecular weight excluding hydrogens is 339 g/mol. The molecule has 1 fully saturated rings. The number of methoxy groups -OCH3 is 1. The van der Waals surface area contributed by atoms with Crippen LogP contribution in [0.4, 0.5) is 4.79 Å². The Bertz CT molecular complexity index is 713. The summed E-state index contributed by atoms with van der Waals surface area (Å²) in [6, 6.07) is 4.23.